The zero-order valence-electron chi connectivity index (χ0n) is 20.4. The van der Waals surface area contributed by atoms with E-state index in [4.69, 9.17) is 10.5 Å². The molecule has 1 fully saturated rings. The van der Waals surface area contributed by atoms with Gasteiger partial charge in [0, 0.05) is 24.3 Å². The standard InChI is InChI=1S/C27H28N6O3S/c1-18-15-24(27(34)30-22-11-9-19(10-12-22)26(28)32-13-5-2-6-14-32)33(31-18)23-16-20-7-3-4-8-21(20)17-25(23)37(29,35)36/h3-4,7-12,15-17,28H,2,5-6,13-14H2,1H3,(H,30,34)(H2,29,35,36). The van der Waals surface area contributed by atoms with Crippen molar-refractivity contribution in [1.82, 2.24) is 14.7 Å². The van der Waals surface area contributed by atoms with Gasteiger partial charge in [0.2, 0.25) is 10.0 Å². The summed E-state index contributed by atoms with van der Waals surface area (Å²) in [6.07, 6.45) is 3.38. The Labute approximate surface area is 215 Å². The number of nitrogens with one attached hydrogen (secondary N) is 2. The highest BCUT2D eigenvalue weighted by Gasteiger charge is 2.23. The van der Waals surface area contributed by atoms with E-state index in [2.05, 4.69) is 15.3 Å². The van der Waals surface area contributed by atoms with Gasteiger partial charge in [-0.1, -0.05) is 24.3 Å². The van der Waals surface area contributed by atoms with Gasteiger partial charge in [0.15, 0.2) is 0 Å². The Bertz CT molecular complexity index is 1600. The van der Waals surface area contributed by atoms with Crippen LogP contribution < -0.4 is 10.5 Å². The van der Waals surface area contributed by atoms with Crippen molar-refractivity contribution in [3.8, 4) is 5.69 Å². The summed E-state index contributed by atoms with van der Waals surface area (Å²) in [4.78, 5) is 15.3. The third-order valence-corrected chi connectivity index (χ3v) is 7.45. The van der Waals surface area contributed by atoms with Crippen LogP contribution in [0.5, 0.6) is 0 Å². The zero-order valence-corrected chi connectivity index (χ0v) is 21.3. The van der Waals surface area contributed by atoms with Crippen molar-refractivity contribution in [3.63, 3.8) is 0 Å². The van der Waals surface area contributed by atoms with E-state index in [-0.39, 0.29) is 16.3 Å². The number of rotatable bonds is 5. The number of carbonyl (C=O) groups excluding carboxylic acids is 1. The minimum Gasteiger partial charge on any atom is -0.357 e. The molecule has 0 radical (unpaired) electrons. The Hall–Kier alpha value is -4.02. The van der Waals surface area contributed by atoms with E-state index in [1.807, 2.05) is 30.3 Å². The molecule has 9 nitrogen and oxygen atoms in total. The molecule has 4 N–H and O–H groups in total. The Balaban J connectivity index is 1.45. The highest BCUT2D eigenvalue weighted by molar-refractivity contribution is 7.89. The third-order valence-electron chi connectivity index (χ3n) is 6.51. The molecular weight excluding hydrogens is 488 g/mol. The highest BCUT2D eigenvalue weighted by Crippen LogP contribution is 2.27. The van der Waals surface area contributed by atoms with Crippen molar-refractivity contribution in [2.75, 3.05) is 18.4 Å². The van der Waals surface area contributed by atoms with Gasteiger partial charge in [0.1, 0.15) is 16.4 Å². The van der Waals surface area contributed by atoms with Crippen LogP contribution in [-0.4, -0.2) is 47.9 Å². The number of anilines is 1. The van der Waals surface area contributed by atoms with E-state index in [1.54, 1.807) is 37.3 Å². The first-order valence-corrected chi connectivity index (χ1v) is 13.6. The van der Waals surface area contributed by atoms with E-state index in [9.17, 15) is 13.2 Å². The van der Waals surface area contributed by atoms with Crippen LogP contribution in [0.25, 0.3) is 16.5 Å². The first-order chi connectivity index (χ1) is 17.7. The zero-order chi connectivity index (χ0) is 26.2. The summed E-state index contributed by atoms with van der Waals surface area (Å²) in [7, 11) is -4.10. The normalized spacial score (nSPS) is 14.1. The summed E-state index contributed by atoms with van der Waals surface area (Å²) >= 11 is 0. The number of primary sulfonamides is 1. The molecule has 0 unspecified atom stereocenters. The molecule has 2 heterocycles. The molecule has 1 amide bonds. The highest BCUT2D eigenvalue weighted by atomic mass is 32.2. The van der Waals surface area contributed by atoms with Crippen molar-refractivity contribution in [3.05, 3.63) is 83.7 Å². The monoisotopic (exact) mass is 516 g/mol. The second-order valence-electron chi connectivity index (χ2n) is 9.22. The number of amides is 1. The number of hydrogen-bond acceptors (Lipinski definition) is 5. The number of aryl methyl sites for hydroxylation is 1. The first-order valence-electron chi connectivity index (χ1n) is 12.1. The number of hydrogen-bond donors (Lipinski definition) is 3. The van der Waals surface area contributed by atoms with Gasteiger partial charge in [-0.05, 0) is 79.4 Å². The fraction of sp³-hybridized carbons (Fsp3) is 0.222. The minimum absolute atomic E-state index is 0.121. The van der Waals surface area contributed by atoms with Gasteiger partial charge in [-0.25, -0.2) is 18.2 Å². The molecule has 0 spiro atoms. The number of nitrogens with zero attached hydrogens (tertiary/aromatic N) is 3. The van der Waals surface area contributed by atoms with E-state index in [1.165, 1.54) is 17.2 Å². The van der Waals surface area contributed by atoms with Crippen LogP contribution in [0.2, 0.25) is 0 Å². The van der Waals surface area contributed by atoms with Gasteiger partial charge in [-0.15, -0.1) is 0 Å². The van der Waals surface area contributed by atoms with Crippen LogP contribution in [0.4, 0.5) is 5.69 Å². The van der Waals surface area contributed by atoms with Crippen molar-refractivity contribution in [2.24, 2.45) is 5.14 Å². The van der Waals surface area contributed by atoms with Gasteiger partial charge in [0.25, 0.3) is 5.91 Å². The van der Waals surface area contributed by atoms with E-state index in [0.717, 1.165) is 36.9 Å². The molecule has 37 heavy (non-hydrogen) atoms. The Morgan fingerprint density at radius 3 is 2.27 bits per heavy atom. The number of amidine groups is 1. The van der Waals surface area contributed by atoms with Crippen LogP contribution in [0.1, 0.15) is 41.0 Å². The van der Waals surface area contributed by atoms with Gasteiger partial charge in [0.05, 0.1) is 11.4 Å². The molecule has 4 aromatic rings. The van der Waals surface area contributed by atoms with Crippen LogP contribution in [0.3, 0.4) is 0 Å². The second-order valence-corrected chi connectivity index (χ2v) is 10.8. The number of piperidine rings is 1. The molecule has 1 aromatic heterocycles. The van der Waals surface area contributed by atoms with Crippen molar-refractivity contribution < 1.29 is 13.2 Å². The van der Waals surface area contributed by atoms with Crippen molar-refractivity contribution in [2.45, 2.75) is 31.1 Å². The molecule has 1 saturated heterocycles. The van der Waals surface area contributed by atoms with Gasteiger partial charge in [-0.3, -0.25) is 10.2 Å². The van der Waals surface area contributed by atoms with Crippen molar-refractivity contribution >= 4 is 38.2 Å². The molecule has 1 aliphatic rings. The summed E-state index contributed by atoms with van der Waals surface area (Å²) in [5.41, 5.74) is 2.25. The number of benzene rings is 3. The summed E-state index contributed by atoms with van der Waals surface area (Å²) in [5.74, 6) is 0.0334. The second kappa shape index (κ2) is 9.79. The molecule has 0 bridgehead atoms. The van der Waals surface area contributed by atoms with Gasteiger partial charge in [-0.2, -0.15) is 5.10 Å². The number of carbonyl (C=O) groups is 1. The van der Waals surface area contributed by atoms with E-state index < -0.39 is 15.9 Å². The van der Waals surface area contributed by atoms with Gasteiger partial charge >= 0.3 is 0 Å². The van der Waals surface area contributed by atoms with Crippen LogP contribution in [-0.2, 0) is 10.0 Å². The molecule has 1 aliphatic heterocycles. The topological polar surface area (TPSA) is 134 Å². The molecule has 3 aromatic carbocycles. The van der Waals surface area contributed by atoms with Crippen LogP contribution >= 0.6 is 0 Å². The van der Waals surface area contributed by atoms with Gasteiger partial charge < -0.3 is 10.2 Å². The molecule has 0 atom stereocenters. The number of fused-ring (bicyclic) bond motifs is 1. The van der Waals surface area contributed by atoms with E-state index >= 15 is 0 Å². The summed E-state index contributed by atoms with van der Waals surface area (Å²) in [6, 6.07) is 19.2. The number of sulfonamides is 1. The Morgan fingerprint density at radius 2 is 1.62 bits per heavy atom. The maximum absolute atomic E-state index is 13.3. The lowest BCUT2D eigenvalue weighted by atomic mass is 10.1. The predicted octanol–water partition coefficient (Wildman–Crippen LogP) is 4.04. The number of likely N-dealkylation sites (tertiary alicyclic amines) is 1. The predicted molar refractivity (Wildman–Crippen MR) is 144 cm³/mol. The Kier molecular flexibility index (Phi) is 6.53. The number of aromatic nitrogens is 2. The third kappa shape index (κ3) is 5.11. The lowest BCUT2D eigenvalue weighted by Gasteiger charge is -2.29. The van der Waals surface area contributed by atoms with Crippen molar-refractivity contribution in [1.29, 1.82) is 5.41 Å². The molecule has 190 valence electrons. The van der Waals surface area contributed by atoms with E-state index in [0.29, 0.717) is 22.6 Å². The Morgan fingerprint density at radius 1 is 0.973 bits per heavy atom. The average molecular weight is 517 g/mol. The fourth-order valence-electron chi connectivity index (χ4n) is 4.65. The smallest absolute Gasteiger partial charge is 0.274 e. The van der Waals surface area contributed by atoms with Crippen LogP contribution in [0.15, 0.2) is 71.6 Å². The summed E-state index contributed by atoms with van der Waals surface area (Å²) in [6.45, 7) is 3.50. The summed E-state index contributed by atoms with van der Waals surface area (Å²) < 4.78 is 26.2. The SMILES string of the molecule is Cc1cc(C(=O)Nc2ccc(C(=N)N3CCCCC3)cc2)n(-c2cc3ccccc3cc2S(N)(=O)=O)n1. The molecular formula is C27H28N6O3S. The molecule has 10 heteroatoms. The number of nitrogens with two attached hydrogens (primary N) is 1. The van der Waals surface area contributed by atoms with Crippen LogP contribution in [0, 0.1) is 12.3 Å². The summed E-state index contributed by atoms with van der Waals surface area (Å²) in [5, 5.41) is 22.8. The lowest BCUT2D eigenvalue weighted by molar-refractivity contribution is 0.101. The molecule has 0 saturated carbocycles. The first kappa shape index (κ1) is 24.7. The maximum atomic E-state index is 13.3. The average Bonchev–Trinajstić information content (AvgIpc) is 3.29. The fourth-order valence-corrected chi connectivity index (χ4v) is 5.38. The quantitative estimate of drug-likeness (QED) is 0.272. The lowest BCUT2D eigenvalue weighted by Crippen LogP contribution is -2.35. The largest absolute Gasteiger partial charge is 0.357 e. The minimum atomic E-state index is -4.10. The molecule has 5 rings (SSSR count). The molecule has 0 aliphatic carbocycles. The maximum Gasteiger partial charge on any atom is 0.274 e.